The largest absolute Gasteiger partial charge is 0.335 e. The second-order valence-corrected chi connectivity index (χ2v) is 5.19. The highest BCUT2D eigenvalue weighted by atomic mass is 35.5. The minimum absolute atomic E-state index is 0.0381. The lowest BCUT2D eigenvalue weighted by Gasteiger charge is -2.22. The van der Waals surface area contributed by atoms with Crippen molar-refractivity contribution in [2.24, 2.45) is 0 Å². The number of halogens is 1. The van der Waals surface area contributed by atoms with Crippen molar-refractivity contribution in [3.05, 3.63) is 70.2 Å². The summed E-state index contributed by atoms with van der Waals surface area (Å²) in [5.41, 5.74) is 2.78. The molecule has 1 amide bonds. The predicted octanol–water partition coefficient (Wildman–Crippen LogP) is 4.31. The number of hydrogen-bond acceptors (Lipinski definition) is 1. The Morgan fingerprint density at radius 1 is 1.15 bits per heavy atom. The molecule has 2 rings (SSSR count). The number of carbonyl (C=O) groups is 1. The molecule has 2 aromatic carbocycles. The van der Waals surface area contributed by atoms with Gasteiger partial charge in [-0.3, -0.25) is 4.79 Å². The van der Waals surface area contributed by atoms with E-state index in [2.05, 4.69) is 0 Å². The minimum Gasteiger partial charge on any atom is -0.335 e. The van der Waals surface area contributed by atoms with E-state index in [1.807, 2.05) is 62.4 Å². The number of carbonyl (C=O) groups excluding carboxylic acids is 1. The Balaban J connectivity index is 2.20. The van der Waals surface area contributed by atoms with Gasteiger partial charge in [-0.05, 0) is 37.6 Å². The molecule has 0 N–H and O–H groups in total. The van der Waals surface area contributed by atoms with Crippen molar-refractivity contribution in [1.82, 2.24) is 4.90 Å². The molecule has 0 aliphatic heterocycles. The maximum atomic E-state index is 12.5. The lowest BCUT2D eigenvalue weighted by molar-refractivity contribution is 0.0752. The van der Waals surface area contributed by atoms with Crippen LogP contribution < -0.4 is 0 Å². The molecule has 0 aliphatic rings. The van der Waals surface area contributed by atoms with Gasteiger partial charge in [-0.2, -0.15) is 0 Å². The van der Waals surface area contributed by atoms with Crippen molar-refractivity contribution in [1.29, 1.82) is 0 Å². The molecule has 0 heterocycles. The van der Waals surface area contributed by atoms with Gasteiger partial charge in [0.05, 0.1) is 0 Å². The van der Waals surface area contributed by atoms with E-state index in [-0.39, 0.29) is 5.91 Å². The highest BCUT2D eigenvalue weighted by molar-refractivity contribution is 6.31. The highest BCUT2D eigenvalue weighted by Gasteiger charge is 2.15. The Morgan fingerprint density at radius 3 is 2.55 bits per heavy atom. The van der Waals surface area contributed by atoms with Crippen molar-refractivity contribution in [3.8, 4) is 0 Å². The van der Waals surface area contributed by atoms with E-state index in [4.69, 9.17) is 11.6 Å². The van der Waals surface area contributed by atoms with Gasteiger partial charge >= 0.3 is 0 Å². The van der Waals surface area contributed by atoms with Crippen LogP contribution in [-0.2, 0) is 6.54 Å². The van der Waals surface area contributed by atoms with Crippen LogP contribution >= 0.6 is 11.6 Å². The molecule has 0 atom stereocenters. The first-order valence-electron chi connectivity index (χ1n) is 6.71. The zero-order chi connectivity index (χ0) is 14.5. The molecule has 0 bridgehead atoms. The van der Waals surface area contributed by atoms with Crippen LogP contribution in [0.2, 0.25) is 5.02 Å². The van der Waals surface area contributed by atoms with Gasteiger partial charge in [0.25, 0.3) is 5.91 Å². The summed E-state index contributed by atoms with van der Waals surface area (Å²) in [6, 6.07) is 15.3. The lowest BCUT2D eigenvalue weighted by Crippen LogP contribution is -2.30. The molecule has 0 unspecified atom stereocenters. The van der Waals surface area contributed by atoms with Gasteiger partial charge in [0.1, 0.15) is 0 Å². The third kappa shape index (κ3) is 3.40. The van der Waals surface area contributed by atoms with Crippen LogP contribution in [0.25, 0.3) is 0 Å². The van der Waals surface area contributed by atoms with Crippen molar-refractivity contribution in [3.63, 3.8) is 0 Å². The molecule has 20 heavy (non-hydrogen) atoms. The monoisotopic (exact) mass is 287 g/mol. The second-order valence-electron chi connectivity index (χ2n) is 4.78. The quantitative estimate of drug-likeness (QED) is 0.820. The number of nitrogens with zero attached hydrogens (tertiary/aromatic N) is 1. The van der Waals surface area contributed by atoms with Crippen molar-refractivity contribution >= 4 is 17.5 Å². The molecule has 0 aliphatic carbocycles. The zero-order valence-corrected chi connectivity index (χ0v) is 12.5. The Bertz CT molecular complexity index is 609. The van der Waals surface area contributed by atoms with Gasteiger partial charge in [0, 0.05) is 23.7 Å². The zero-order valence-electron chi connectivity index (χ0n) is 11.8. The van der Waals surface area contributed by atoms with Crippen LogP contribution in [0.3, 0.4) is 0 Å². The molecule has 0 aromatic heterocycles. The van der Waals surface area contributed by atoms with E-state index >= 15 is 0 Å². The van der Waals surface area contributed by atoms with Gasteiger partial charge < -0.3 is 4.90 Å². The number of aryl methyl sites for hydroxylation is 1. The van der Waals surface area contributed by atoms with Crippen LogP contribution in [0.5, 0.6) is 0 Å². The van der Waals surface area contributed by atoms with Gasteiger partial charge in [-0.1, -0.05) is 47.5 Å². The highest BCUT2D eigenvalue weighted by Crippen LogP contribution is 2.18. The van der Waals surface area contributed by atoms with Crippen LogP contribution in [0, 0.1) is 6.92 Å². The average Bonchev–Trinajstić information content (AvgIpc) is 2.46. The number of benzene rings is 2. The normalized spacial score (nSPS) is 10.3. The van der Waals surface area contributed by atoms with E-state index < -0.39 is 0 Å². The minimum atomic E-state index is 0.0381. The molecule has 0 radical (unpaired) electrons. The van der Waals surface area contributed by atoms with Crippen molar-refractivity contribution in [2.45, 2.75) is 20.4 Å². The number of hydrogen-bond donors (Lipinski definition) is 0. The third-order valence-electron chi connectivity index (χ3n) is 3.25. The van der Waals surface area contributed by atoms with Gasteiger partial charge in [-0.15, -0.1) is 0 Å². The molecule has 2 nitrogen and oxygen atoms in total. The predicted molar refractivity (Wildman–Crippen MR) is 83.0 cm³/mol. The summed E-state index contributed by atoms with van der Waals surface area (Å²) in [6.07, 6.45) is 0. The molecular formula is C17H18ClNO. The smallest absolute Gasteiger partial charge is 0.254 e. The molecule has 0 saturated carbocycles. The summed E-state index contributed by atoms with van der Waals surface area (Å²) in [5, 5.41) is 0.697. The maximum Gasteiger partial charge on any atom is 0.254 e. The molecule has 0 fully saturated rings. The fourth-order valence-electron chi connectivity index (χ4n) is 2.12. The summed E-state index contributed by atoms with van der Waals surface area (Å²) in [4.78, 5) is 14.3. The van der Waals surface area contributed by atoms with Crippen molar-refractivity contribution in [2.75, 3.05) is 6.54 Å². The number of amides is 1. The van der Waals surface area contributed by atoms with Crippen LogP contribution in [0.1, 0.15) is 28.4 Å². The standard InChI is InChI=1S/C17H18ClNO/c1-3-19(12-15-8-4-5-10-16(15)18)17(20)14-9-6-7-13(2)11-14/h4-11H,3,12H2,1-2H3. The van der Waals surface area contributed by atoms with Crippen LogP contribution in [0.4, 0.5) is 0 Å². The fourth-order valence-corrected chi connectivity index (χ4v) is 2.32. The molecule has 2 aromatic rings. The van der Waals surface area contributed by atoms with Crippen molar-refractivity contribution < 1.29 is 4.79 Å². The summed E-state index contributed by atoms with van der Waals surface area (Å²) in [7, 11) is 0. The summed E-state index contributed by atoms with van der Waals surface area (Å²) < 4.78 is 0. The van der Waals surface area contributed by atoms with Gasteiger partial charge in [0.15, 0.2) is 0 Å². The van der Waals surface area contributed by atoms with Gasteiger partial charge in [-0.25, -0.2) is 0 Å². The van der Waals surface area contributed by atoms with Gasteiger partial charge in [0.2, 0.25) is 0 Å². The van der Waals surface area contributed by atoms with Crippen LogP contribution in [0.15, 0.2) is 48.5 Å². The Kier molecular flexibility index (Phi) is 4.80. The van der Waals surface area contributed by atoms with E-state index in [1.165, 1.54) is 0 Å². The SMILES string of the molecule is CCN(Cc1ccccc1Cl)C(=O)c1cccc(C)c1. The Morgan fingerprint density at radius 2 is 1.90 bits per heavy atom. The molecule has 0 spiro atoms. The molecule has 104 valence electrons. The van der Waals surface area contributed by atoms with E-state index in [9.17, 15) is 4.79 Å². The molecule has 0 saturated heterocycles. The number of rotatable bonds is 4. The lowest BCUT2D eigenvalue weighted by atomic mass is 10.1. The van der Waals surface area contributed by atoms with E-state index in [0.717, 1.165) is 16.7 Å². The molecular weight excluding hydrogens is 270 g/mol. The first kappa shape index (κ1) is 14.6. The van der Waals surface area contributed by atoms with E-state index in [0.29, 0.717) is 18.1 Å². The first-order valence-corrected chi connectivity index (χ1v) is 7.09. The average molecular weight is 288 g/mol. The summed E-state index contributed by atoms with van der Waals surface area (Å²) in [5.74, 6) is 0.0381. The molecule has 3 heteroatoms. The van der Waals surface area contributed by atoms with E-state index in [1.54, 1.807) is 4.90 Å². The summed E-state index contributed by atoms with van der Waals surface area (Å²) >= 11 is 6.16. The Hall–Kier alpha value is -1.80. The topological polar surface area (TPSA) is 20.3 Å². The summed E-state index contributed by atoms with van der Waals surface area (Å²) in [6.45, 7) is 5.15. The Labute approximate surface area is 125 Å². The second kappa shape index (κ2) is 6.58. The van der Waals surface area contributed by atoms with Crippen LogP contribution in [-0.4, -0.2) is 17.4 Å². The fraction of sp³-hybridized carbons (Fsp3) is 0.235. The third-order valence-corrected chi connectivity index (χ3v) is 3.62. The maximum absolute atomic E-state index is 12.5. The first-order chi connectivity index (χ1) is 9.61.